The van der Waals surface area contributed by atoms with Gasteiger partial charge in [0.2, 0.25) is 0 Å². The molecule has 6 rings (SSSR count). The molecule has 1 saturated heterocycles. The summed E-state index contributed by atoms with van der Waals surface area (Å²) in [4.78, 5) is 32.9. The third-order valence-corrected chi connectivity index (χ3v) is 8.19. The third kappa shape index (κ3) is 4.19. The Balaban J connectivity index is 1.26. The normalized spacial score (nSPS) is 20.8. The van der Waals surface area contributed by atoms with Gasteiger partial charge in [-0.15, -0.1) is 11.3 Å². The SMILES string of the molecule is Cc1nc(C(=O)N2C[C@H]3C[C@H]3[C@H]2CNC(=O)c2cccc3occc23)c(-c2ccccc2C(F)(F)F)s1. The van der Waals surface area contributed by atoms with Gasteiger partial charge in [0, 0.05) is 24.0 Å². The molecule has 1 aliphatic carbocycles. The predicted molar refractivity (Wildman–Crippen MR) is 132 cm³/mol. The summed E-state index contributed by atoms with van der Waals surface area (Å²) >= 11 is 1.08. The molecular weight excluding hydrogens is 503 g/mol. The minimum absolute atomic E-state index is 0.0278. The second-order valence-corrected chi connectivity index (χ2v) is 10.7. The fourth-order valence-corrected chi connectivity index (χ4v) is 6.32. The molecule has 37 heavy (non-hydrogen) atoms. The van der Waals surface area contributed by atoms with Gasteiger partial charge in [-0.25, -0.2) is 4.98 Å². The number of thiazole rings is 1. The second-order valence-electron chi connectivity index (χ2n) is 9.49. The summed E-state index contributed by atoms with van der Waals surface area (Å²) in [5, 5.41) is 4.17. The van der Waals surface area contributed by atoms with Gasteiger partial charge in [0.25, 0.3) is 11.8 Å². The van der Waals surface area contributed by atoms with Gasteiger partial charge in [0.15, 0.2) is 0 Å². The van der Waals surface area contributed by atoms with Crippen LogP contribution in [-0.4, -0.2) is 40.8 Å². The van der Waals surface area contributed by atoms with E-state index in [1.54, 1.807) is 36.1 Å². The van der Waals surface area contributed by atoms with Gasteiger partial charge in [0.05, 0.1) is 33.3 Å². The summed E-state index contributed by atoms with van der Waals surface area (Å²) in [6.07, 6.45) is -2.08. The van der Waals surface area contributed by atoms with Crippen molar-refractivity contribution in [2.24, 2.45) is 11.8 Å². The predicted octanol–water partition coefficient (Wildman–Crippen LogP) is 5.77. The number of furan rings is 1. The standard InChI is InChI=1S/C27H22F3N3O3S/c1-14-32-23(24(37-14)18-5-2-3-7-20(18)27(28,29)30)26(35)33-13-15-11-19(15)21(33)12-31-25(34)17-6-4-8-22-16(17)9-10-36-22/h2-10,15,19,21H,11-13H2,1H3,(H,31,34)/t15-,19-,21-/m1/s1. The van der Waals surface area contributed by atoms with Crippen molar-refractivity contribution in [3.63, 3.8) is 0 Å². The second kappa shape index (κ2) is 8.72. The number of aryl methyl sites for hydroxylation is 1. The number of alkyl halides is 3. The number of nitrogens with zero attached hydrogens (tertiary/aromatic N) is 2. The molecular formula is C27H22F3N3O3S. The minimum Gasteiger partial charge on any atom is -0.464 e. The van der Waals surface area contributed by atoms with E-state index in [0.717, 1.165) is 23.8 Å². The Kier molecular flexibility index (Phi) is 5.59. The van der Waals surface area contributed by atoms with Crippen LogP contribution in [0.15, 0.2) is 59.2 Å². The van der Waals surface area contributed by atoms with Crippen LogP contribution in [0.2, 0.25) is 0 Å². The maximum Gasteiger partial charge on any atom is 0.417 e. The largest absolute Gasteiger partial charge is 0.464 e. The van der Waals surface area contributed by atoms with Gasteiger partial charge >= 0.3 is 6.18 Å². The number of piperidine rings is 1. The van der Waals surface area contributed by atoms with Crippen LogP contribution in [0.5, 0.6) is 0 Å². The highest BCUT2D eigenvalue weighted by atomic mass is 32.1. The highest BCUT2D eigenvalue weighted by Crippen LogP contribution is 2.50. The zero-order chi connectivity index (χ0) is 25.9. The minimum atomic E-state index is -4.56. The zero-order valence-electron chi connectivity index (χ0n) is 19.7. The van der Waals surface area contributed by atoms with E-state index >= 15 is 0 Å². The first-order valence-electron chi connectivity index (χ1n) is 11.9. The molecule has 2 aromatic carbocycles. The lowest BCUT2D eigenvalue weighted by atomic mass is 10.0. The number of aromatic nitrogens is 1. The van der Waals surface area contributed by atoms with Crippen molar-refractivity contribution in [2.75, 3.05) is 13.1 Å². The molecule has 1 saturated carbocycles. The number of benzene rings is 2. The number of amides is 2. The smallest absolute Gasteiger partial charge is 0.417 e. The molecule has 0 radical (unpaired) electrons. The van der Waals surface area contributed by atoms with Crippen molar-refractivity contribution in [2.45, 2.75) is 25.6 Å². The summed E-state index contributed by atoms with van der Waals surface area (Å²) in [6.45, 7) is 2.42. The Hall–Kier alpha value is -3.66. The van der Waals surface area contributed by atoms with Crippen molar-refractivity contribution < 1.29 is 27.2 Å². The first kappa shape index (κ1) is 23.7. The van der Waals surface area contributed by atoms with Gasteiger partial charge in [-0.1, -0.05) is 24.3 Å². The first-order valence-corrected chi connectivity index (χ1v) is 12.7. The van der Waals surface area contributed by atoms with Crippen LogP contribution in [0.3, 0.4) is 0 Å². The molecule has 4 aromatic rings. The molecule has 3 atom stereocenters. The number of nitrogens with one attached hydrogen (secondary N) is 1. The monoisotopic (exact) mass is 525 g/mol. The van der Waals surface area contributed by atoms with Crippen molar-refractivity contribution >= 4 is 34.1 Å². The average molecular weight is 526 g/mol. The highest BCUT2D eigenvalue weighted by molar-refractivity contribution is 7.15. The van der Waals surface area contributed by atoms with E-state index in [0.29, 0.717) is 34.0 Å². The van der Waals surface area contributed by atoms with E-state index < -0.39 is 17.6 Å². The zero-order valence-corrected chi connectivity index (χ0v) is 20.5. The summed E-state index contributed by atoms with van der Waals surface area (Å²) in [5.41, 5.74) is 0.273. The first-order chi connectivity index (χ1) is 17.7. The Bertz CT molecular complexity index is 1530. The van der Waals surface area contributed by atoms with Crippen molar-refractivity contribution in [1.82, 2.24) is 15.2 Å². The lowest BCUT2D eigenvalue weighted by Crippen LogP contribution is -2.45. The average Bonchev–Trinajstić information content (AvgIpc) is 3.20. The van der Waals surface area contributed by atoms with Crippen molar-refractivity contribution in [1.29, 1.82) is 0 Å². The van der Waals surface area contributed by atoms with Crippen LogP contribution in [0, 0.1) is 18.8 Å². The van der Waals surface area contributed by atoms with Gasteiger partial charge in [0.1, 0.15) is 11.3 Å². The lowest BCUT2D eigenvalue weighted by molar-refractivity contribution is -0.137. The molecule has 10 heteroatoms. The molecule has 1 aliphatic heterocycles. The number of hydrogen-bond acceptors (Lipinski definition) is 5. The van der Waals surface area contributed by atoms with E-state index in [2.05, 4.69) is 10.3 Å². The van der Waals surface area contributed by atoms with Crippen LogP contribution in [0.25, 0.3) is 21.4 Å². The molecule has 0 spiro atoms. The molecule has 190 valence electrons. The molecule has 3 heterocycles. The van der Waals surface area contributed by atoms with Crippen LogP contribution in [0.1, 0.15) is 37.8 Å². The summed E-state index contributed by atoms with van der Waals surface area (Å²) in [5.74, 6) is -0.0964. The van der Waals surface area contributed by atoms with Crippen LogP contribution in [-0.2, 0) is 6.18 Å². The number of likely N-dealkylation sites (tertiary alicyclic amines) is 1. The van der Waals surface area contributed by atoms with E-state index in [9.17, 15) is 22.8 Å². The molecule has 1 N–H and O–H groups in total. The molecule has 2 aromatic heterocycles. The van der Waals surface area contributed by atoms with E-state index in [1.807, 2.05) is 0 Å². The molecule has 0 unspecified atom stereocenters. The summed E-state index contributed by atoms with van der Waals surface area (Å²) < 4.78 is 46.6. The molecule has 2 amide bonds. The number of carbonyl (C=O) groups is 2. The lowest BCUT2D eigenvalue weighted by Gasteiger charge is -2.27. The molecule has 6 nitrogen and oxygen atoms in total. The van der Waals surface area contributed by atoms with Gasteiger partial charge in [-0.2, -0.15) is 13.2 Å². The number of fused-ring (bicyclic) bond motifs is 2. The van der Waals surface area contributed by atoms with E-state index in [4.69, 9.17) is 4.42 Å². The quantitative estimate of drug-likeness (QED) is 0.359. The Labute approximate surface area is 214 Å². The van der Waals surface area contributed by atoms with Crippen LogP contribution >= 0.6 is 11.3 Å². The number of carbonyl (C=O) groups excluding carboxylic acids is 2. The molecule has 0 bridgehead atoms. The maximum absolute atomic E-state index is 13.7. The fourth-order valence-electron chi connectivity index (χ4n) is 5.37. The Morgan fingerprint density at radius 3 is 2.78 bits per heavy atom. The Morgan fingerprint density at radius 2 is 1.97 bits per heavy atom. The Morgan fingerprint density at radius 1 is 1.16 bits per heavy atom. The van der Waals surface area contributed by atoms with Crippen LogP contribution < -0.4 is 5.32 Å². The van der Waals surface area contributed by atoms with Gasteiger partial charge < -0.3 is 14.6 Å². The van der Waals surface area contributed by atoms with Crippen molar-refractivity contribution in [3.8, 4) is 10.4 Å². The third-order valence-electron chi connectivity index (χ3n) is 7.19. The summed E-state index contributed by atoms with van der Waals surface area (Å²) in [7, 11) is 0. The van der Waals surface area contributed by atoms with E-state index in [1.165, 1.54) is 24.5 Å². The summed E-state index contributed by atoms with van der Waals surface area (Å²) in [6, 6.07) is 12.0. The molecule has 2 fully saturated rings. The van der Waals surface area contributed by atoms with Crippen molar-refractivity contribution in [3.05, 3.63) is 76.6 Å². The van der Waals surface area contributed by atoms with Crippen LogP contribution in [0.4, 0.5) is 13.2 Å². The molecule has 2 aliphatic rings. The number of hydrogen-bond donors (Lipinski definition) is 1. The van der Waals surface area contributed by atoms with E-state index in [-0.39, 0.29) is 40.5 Å². The highest BCUT2D eigenvalue weighted by Gasteiger charge is 2.54. The van der Waals surface area contributed by atoms with Gasteiger partial charge in [-0.3, -0.25) is 9.59 Å². The van der Waals surface area contributed by atoms with Gasteiger partial charge in [-0.05, 0) is 49.4 Å². The fraction of sp³-hybridized carbons (Fsp3) is 0.296. The number of halogens is 3. The number of rotatable bonds is 5. The maximum atomic E-state index is 13.7. The topological polar surface area (TPSA) is 75.4 Å².